The summed E-state index contributed by atoms with van der Waals surface area (Å²) in [6, 6.07) is 15.9. The Balaban J connectivity index is 0.00000167. The number of carbonyl (C=O) groups is 1. The minimum absolute atomic E-state index is 0.175. The number of hydrogen-bond donors (Lipinski definition) is 3. The molecule has 8 nitrogen and oxygen atoms in total. The molecule has 8 heteroatoms. The van der Waals surface area contributed by atoms with E-state index in [1.54, 1.807) is 14.2 Å². The maximum atomic E-state index is 12.7. The second kappa shape index (κ2) is 12.8. The van der Waals surface area contributed by atoms with Gasteiger partial charge in [-0.2, -0.15) is 5.10 Å². The van der Waals surface area contributed by atoms with Gasteiger partial charge in [-0.1, -0.05) is 13.8 Å². The van der Waals surface area contributed by atoms with E-state index in [9.17, 15) is 4.79 Å². The first kappa shape index (κ1) is 26.1. The van der Waals surface area contributed by atoms with Gasteiger partial charge in [-0.3, -0.25) is 9.89 Å². The molecule has 0 spiro atoms. The SMILES string of the molecule is CC.COc1cc(CCc2cc(NC(=O)c3ccc(N4CCNC(C)C4)cc3)n[nH]2)cc(OC)c1. The standard InChI is InChI=1S/C25H31N5O3.C2H6/c1-17-16-30(11-10-26-17)21-8-5-19(6-9-21)25(31)27-24-14-20(28-29-24)7-4-18-12-22(32-2)15-23(13-18)33-3;1-2/h5-6,8-9,12-15,17,26H,4,7,10-11,16H2,1-3H3,(H2,27,28,29,31);1-2H3. The minimum Gasteiger partial charge on any atom is -0.497 e. The number of H-pyrrole nitrogens is 1. The van der Waals surface area contributed by atoms with Gasteiger partial charge in [-0.15, -0.1) is 0 Å². The van der Waals surface area contributed by atoms with Crippen LogP contribution in [0, 0.1) is 0 Å². The van der Waals surface area contributed by atoms with Crippen LogP contribution in [0.1, 0.15) is 42.4 Å². The Morgan fingerprint density at radius 1 is 1.06 bits per heavy atom. The summed E-state index contributed by atoms with van der Waals surface area (Å²) in [5.74, 6) is 1.86. The van der Waals surface area contributed by atoms with Crippen molar-refractivity contribution in [3.05, 3.63) is 65.4 Å². The molecule has 2 aromatic carbocycles. The van der Waals surface area contributed by atoms with E-state index < -0.39 is 0 Å². The van der Waals surface area contributed by atoms with Crippen molar-refractivity contribution in [2.45, 2.75) is 39.7 Å². The van der Waals surface area contributed by atoms with Crippen molar-refractivity contribution < 1.29 is 14.3 Å². The molecule has 1 aliphatic rings. The lowest BCUT2D eigenvalue weighted by molar-refractivity contribution is 0.102. The third-order valence-electron chi connectivity index (χ3n) is 5.83. The second-order valence-corrected chi connectivity index (χ2v) is 8.30. The van der Waals surface area contributed by atoms with Crippen molar-refractivity contribution in [3.8, 4) is 11.5 Å². The van der Waals surface area contributed by atoms with E-state index in [4.69, 9.17) is 9.47 Å². The van der Waals surface area contributed by atoms with Gasteiger partial charge in [0.05, 0.1) is 14.2 Å². The summed E-state index contributed by atoms with van der Waals surface area (Å²) < 4.78 is 10.7. The fourth-order valence-electron chi connectivity index (χ4n) is 4.02. The van der Waals surface area contributed by atoms with Crippen LogP contribution in [0.2, 0.25) is 0 Å². The lowest BCUT2D eigenvalue weighted by Crippen LogP contribution is -2.49. The zero-order chi connectivity index (χ0) is 25.2. The van der Waals surface area contributed by atoms with Gasteiger partial charge in [0, 0.05) is 54.8 Å². The molecule has 1 fully saturated rings. The summed E-state index contributed by atoms with van der Waals surface area (Å²) in [4.78, 5) is 15.0. The predicted molar refractivity (Wildman–Crippen MR) is 141 cm³/mol. The Kier molecular flexibility index (Phi) is 9.55. The maximum Gasteiger partial charge on any atom is 0.256 e. The minimum atomic E-state index is -0.175. The van der Waals surface area contributed by atoms with Gasteiger partial charge in [-0.25, -0.2) is 0 Å². The largest absolute Gasteiger partial charge is 0.497 e. The van der Waals surface area contributed by atoms with Crippen LogP contribution in [0.25, 0.3) is 0 Å². The van der Waals surface area contributed by atoms with Crippen molar-refractivity contribution in [3.63, 3.8) is 0 Å². The molecule has 0 radical (unpaired) electrons. The Hall–Kier alpha value is -3.52. The van der Waals surface area contributed by atoms with Gasteiger partial charge < -0.3 is 25.0 Å². The van der Waals surface area contributed by atoms with E-state index in [0.717, 1.165) is 60.9 Å². The number of rotatable bonds is 8. The van der Waals surface area contributed by atoms with Gasteiger partial charge in [0.25, 0.3) is 5.91 Å². The number of benzene rings is 2. The predicted octanol–water partition coefficient (Wildman–Crippen LogP) is 4.29. The number of piperazine rings is 1. The first-order valence-electron chi connectivity index (χ1n) is 12.2. The molecule has 1 aromatic heterocycles. The number of amides is 1. The molecule has 4 rings (SSSR count). The summed E-state index contributed by atoms with van der Waals surface area (Å²) in [5.41, 5.74) is 3.78. The lowest BCUT2D eigenvalue weighted by Gasteiger charge is -2.33. The van der Waals surface area contributed by atoms with Gasteiger partial charge >= 0.3 is 0 Å². The van der Waals surface area contributed by atoms with Crippen LogP contribution in [0.5, 0.6) is 11.5 Å². The average molecular weight is 480 g/mol. The molecule has 1 saturated heterocycles. The maximum absolute atomic E-state index is 12.7. The number of carbonyl (C=O) groups excluding carboxylic acids is 1. The fourth-order valence-corrected chi connectivity index (χ4v) is 4.02. The number of aromatic nitrogens is 2. The average Bonchev–Trinajstić information content (AvgIpc) is 3.35. The first-order valence-corrected chi connectivity index (χ1v) is 12.2. The van der Waals surface area contributed by atoms with Crippen molar-refractivity contribution in [1.82, 2.24) is 15.5 Å². The Morgan fingerprint density at radius 2 is 1.74 bits per heavy atom. The highest BCUT2D eigenvalue weighted by Gasteiger charge is 2.16. The van der Waals surface area contributed by atoms with E-state index in [2.05, 4.69) is 32.7 Å². The molecule has 1 atom stereocenters. The van der Waals surface area contributed by atoms with E-state index in [0.29, 0.717) is 17.4 Å². The van der Waals surface area contributed by atoms with Crippen molar-refractivity contribution >= 4 is 17.4 Å². The number of hydrogen-bond acceptors (Lipinski definition) is 6. The summed E-state index contributed by atoms with van der Waals surface area (Å²) in [6.07, 6.45) is 1.53. The quantitative estimate of drug-likeness (QED) is 0.447. The number of aromatic amines is 1. The van der Waals surface area contributed by atoms with Crippen LogP contribution in [0.3, 0.4) is 0 Å². The monoisotopic (exact) mass is 479 g/mol. The molecule has 2 heterocycles. The summed E-state index contributed by atoms with van der Waals surface area (Å²) in [6.45, 7) is 9.08. The number of nitrogens with zero attached hydrogens (tertiary/aromatic N) is 2. The van der Waals surface area contributed by atoms with Crippen LogP contribution < -0.4 is 25.0 Å². The van der Waals surface area contributed by atoms with Crippen LogP contribution in [0.4, 0.5) is 11.5 Å². The molecule has 188 valence electrons. The van der Waals surface area contributed by atoms with Gasteiger partial charge in [-0.05, 0) is 61.7 Å². The Bertz CT molecular complexity index is 1060. The van der Waals surface area contributed by atoms with E-state index >= 15 is 0 Å². The fraction of sp³-hybridized carbons (Fsp3) is 0.407. The van der Waals surface area contributed by atoms with E-state index in [1.165, 1.54) is 0 Å². The molecular formula is C27H37N5O3. The number of anilines is 2. The van der Waals surface area contributed by atoms with E-state index in [1.807, 2.05) is 62.4 Å². The zero-order valence-corrected chi connectivity index (χ0v) is 21.4. The third-order valence-corrected chi connectivity index (χ3v) is 5.83. The van der Waals surface area contributed by atoms with Crippen molar-refractivity contribution in [2.75, 3.05) is 44.1 Å². The van der Waals surface area contributed by atoms with E-state index in [-0.39, 0.29) is 5.91 Å². The molecule has 35 heavy (non-hydrogen) atoms. The van der Waals surface area contributed by atoms with Crippen molar-refractivity contribution in [2.24, 2.45) is 0 Å². The topological polar surface area (TPSA) is 91.5 Å². The van der Waals surface area contributed by atoms with Gasteiger partial charge in [0.1, 0.15) is 11.5 Å². The molecule has 3 N–H and O–H groups in total. The first-order chi connectivity index (χ1) is 17.0. The van der Waals surface area contributed by atoms with Gasteiger partial charge in [0.2, 0.25) is 0 Å². The van der Waals surface area contributed by atoms with Crippen LogP contribution in [0.15, 0.2) is 48.5 Å². The second-order valence-electron chi connectivity index (χ2n) is 8.30. The number of ether oxygens (including phenoxy) is 2. The van der Waals surface area contributed by atoms with Crippen molar-refractivity contribution in [1.29, 1.82) is 0 Å². The zero-order valence-electron chi connectivity index (χ0n) is 21.4. The van der Waals surface area contributed by atoms with Crippen LogP contribution in [-0.2, 0) is 12.8 Å². The normalized spacial score (nSPS) is 15.1. The Morgan fingerprint density at radius 3 is 2.37 bits per heavy atom. The summed E-state index contributed by atoms with van der Waals surface area (Å²) in [7, 11) is 3.28. The number of methoxy groups -OCH3 is 2. The number of nitrogens with one attached hydrogen (secondary N) is 3. The third kappa shape index (κ3) is 7.23. The Labute approximate surface area is 208 Å². The summed E-state index contributed by atoms with van der Waals surface area (Å²) >= 11 is 0. The molecule has 0 bridgehead atoms. The highest BCUT2D eigenvalue weighted by Crippen LogP contribution is 2.24. The molecule has 1 unspecified atom stereocenters. The number of aryl methyl sites for hydroxylation is 2. The van der Waals surface area contributed by atoms with Crippen LogP contribution >= 0.6 is 0 Å². The van der Waals surface area contributed by atoms with Gasteiger partial charge in [0.15, 0.2) is 5.82 Å². The summed E-state index contributed by atoms with van der Waals surface area (Å²) in [5, 5.41) is 13.6. The highest BCUT2D eigenvalue weighted by atomic mass is 16.5. The molecular weight excluding hydrogens is 442 g/mol. The molecule has 0 saturated carbocycles. The lowest BCUT2D eigenvalue weighted by atomic mass is 10.1. The molecule has 1 aliphatic heterocycles. The highest BCUT2D eigenvalue weighted by molar-refractivity contribution is 6.03. The molecule has 1 amide bonds. The molecule has 3 aromatic rings. The van der Waals surface area contributed by atoms with Crippen LogP contribution in [-0.4, -0.2) is 56.0 Å². The smallest absolute Gasteiger partial charge is 0.256 e. The molecule has 0 aliphatic carbocycles.